The Morgan fingerprint density at radius 2 is 2.03 bits per heavy atom. The average molecular weight is 438 g/mol. The normalized spacial score (nSPS) is 11.8. The van der Waals surface area contributed by atoms with E-state index in [2.05, 4.69) is 15.6 Å². The minimum Gasteiger partial charge on any atom is -0.480 e. The van der Waals surface area contributed by atoms with Crippen molar-refractivity contribution in [3.05, 3.63) is 71.2 Å². The van der Waals surface area contributed by atoms with Crippen molar-refractivity contribution in [3.63, 3.8) is 0 Å². The van der Waals surface area contributed by atoms with Gasteiger partial charge in [0.1, 0.15) is 17.3 Å². The van der Waals surface area contributed by atoms with Crippen LogP contribution < -0.4 is 26.9 Å². The first-order valence-corrected chi connectivity index (χ1v) is 9.94. The molecule has 0 aliphatic heterocycles. The largest absolute Gasteiger partial charge is 0.480 e. The molecular weight excluding hydrogens is 410 g/mol. The highest BCUT2D eigenvalue weighted by molar-refractivity contribution is 5.96. The minimum atomic E-state index is -0.847. The van der Waals surface area contributed by atoms with Gasteiger partial charge < -0.3 is 26.1 Å². The van der Waals surface area contributed by atoms with Crippen molar-refractivity contribution in [3.8, 4) is 11.9 Å². The fraction of sp³-hybridized carbons (Fsp3) is 0.273. The van der Waals surface area contributed by atoms with Crippen molar-refractivity contribution in [2.75, 3.05) is 20.2 Å². The predicted octanol–water partition coefficient (Wildman–Crippen LogP) is 0.739. The first-order chi connectivity index (χ1) is 15.4. The second-order valence-corrected chi connectivity index (χ2v) is 6.77. The third kappa shape index (κ3) is 6.72. The summed E-state index contributed by atoms with van der Waals surface area (Å²) in [5.74, 6) is 5.06. The van der Waals surface area contributed by atoms with E-state index >= 15 is 0 Å². The number of amides is 2. The molecule has 168 valence electrons. The fourth-order valence-corrected chi connectivity index (χ4v) is 2.77. The maximum atomic E-state index is 12.4. The van der Waals surface area contributed by atoms with Crippen LogP contribution in [0.25, 0.3) is 0 Å². The third-order valence-corrected chi connectivity index (χ3v) is 4.56. The van der Waals surface area contributed by atoms with Crippen molar-refractivity contribution < 1.29 is 14.3 Å². The highest BCUT2D eigenvalue weighted by atomic mass is 16.5. The number of benzene rings is 1. The van der Waals surface area contributed by atoms with Gasteiger partial charge in [-0.2, -0.15) is 5.26 Å². The highest BCUT2D eigenvalue weighted by Gasteiger charge is 2.16. The number of nitrogens with zero attached hydrogens (tertiary/aromatic N) is 3. The molecule has 0 bridgehead atoms. The topological polar surface area (TPSA) is 159 Å². The van der Waals surface area contributed by atoms with E-state index in [4.69, 9.17) is 16.3 Å². The van der Waals surface area contributed by atoms with Crippen molar-refractivity contribution in [1.29, 1.82) is 5.26 Å². The molecule has 2 amide bonds. The number of aryl methyl sites for hydroxylation is 1. The summed E-state index contributed by atoms with van der Waals surface area (Å²) in [5, 5.41) is 15.8. The number of hydrogen-bond acceptors (Lipinski definition) is 8. The second-order valence-electron chi connectivity index (χ2n) is 6.77. The molecular formula is C22H27N7O3. The molecule has 0 spiro atoms. The van der Waals surface area contributed by atoms with Gasteiger partial charge in [0.2, 0.25) is 5.88 Å². The smallest absolute Gasteiger partial charge is 0.270 e. The zero-order valence-corrected chi connectivity index (χ0v) is 18.0. The molecule has 6 N–H and O–H groups in total. The predicted molar refractivity (Wildman–Crippen MR) is 119 cm³/mol. The van der Waals surface area contributed by atoms with Gasteiger partial charge >= 0.3 is 0 Å². The van der Waals surface area contributed by atoms with Gasteiger partial charge in [-0.15, -0.1) is 0 Å². The van der Waals surface area contributed by atoms with E-state index in [1.807, 2.05) is 25.1 Å². The third-order valence-electron chi connectivity index (χ3n) is 4.56. The molecule has 1 unspecified atom stereocenters. The number of nitrogens with two attached hydrogens (primary N) is 2. The summed E-state index contributed by atoms with van der Waals surface area (Å²) in [4.78, 5) is 28.6. The lowest BCUT2D eigenvalue weighted by atomic mass is 10.0. The summed E-state index contributed by atoms with van der Waals surface area (Å²) in [5.41, 5.74) is 7.72. The number of carbonyl (C=O) groups excluding carboxylic acids is 2. The van der Waals surface area contributed by atoms with E-state index in [-0.39, 0.29) is 30.6 Å². The Morgan fingerprint density at radius 3 is 2.66 bits per heavy atom. The van der Waals surface area contributed by atoms with Crippen LogP contribution in [0.15, 0.2) is 54.5 Å². The molecule has 0 saturated heterocycles. The summed E-state index contributed by atoms with van der Waals surface area (Å²) in [6, 6.07) is 11.8. The standard InChI is InChI=1S/C22H27N7O3/c1-3-15-6-8-16(9-7-15)19(13-23)28-21(31)18(24)14-29(25)12-11-26-20(30)17-5-4-10-27-22(17)32-2/h4-10,14,19H,3,11-12,24-25H2,1-2H3,(H,26,30)(H,28,31). The van der Waals surface area contributed by atoms with E-state index in [0.29, 0.717) is 11.1 Å². The number of carbonyl (C=O) groups is 2. The number of aromatic nitrogens is 1. The number of ether oxygens (including phenoxy) is 1. The Labute approximate surface area is 186 Å². The van der Waals surface area contributed by atoms with Gasteiger partial charge in [-0.05, 0) is 29.7 Å². The molecule has 2 rings (SSSR count). The van der Waals surface area contributed by atoms with E-state index in [9.17, 15) is 14.9 Å². The van der Waals surface area contributed by atoms with Gasteiger partial charge in [0.25, 0.3) is 11.8 Å². The van der Waals surface area contributed by atoms with Crippen LogP contribution in [0.1, 0.15) is 34.5 Å². The summed E-state index contributed by atoms with van der Waals surface area (Å²) < 4.78 is 5.06. The molecule has 0 aliphatic carbocycles. The van der Waals surface area contributed by atoms with Crippen LogP contribution in [0.5, 0.6) is 5.88 Å². The molecule has 0 fully saturated rings. The molecule has 0 aliphatic rings. The number of pyridine rings is 1. The van der Waals surface area contributed by atoms with Gasteiger partial charge in [-0.1, -0.05) is 31.2 Å². The number of nitrogens with one attached hydrogen (secondary N) is 2. The van der Waals surface area contributed by atoms with Gasteiger partial charge in [0.05, 0.1) is 19.7 Å². The molecule has 1 aromatic heterocycles. The molecule has 2 aromatic rings. The Balaban J connectivity index is 1.88. The summed E-state index contributed by atoms with van der Waals surface area (Å²) in [6.07, 6.45) is 3.63. The second kappa shape index (κ2) is 11.9. The van der Waals surface area contributed by atoms with E-state index in [1.54, 1.807) is 24.3 Å². The van der Waals surface area contributed by atoms with Crippen molar-refractivity contribution in [1.82, 2.24) is 20.6 Å². The molecule has 1 heterocycles. The van der Waals surface area contributed by atoms with Crippen LogP contribution >= 0.6 is 0 Å². The lowest BCUT2D eigenvalue weighted by Crippen LogP contribution is -2.38. The SMILES string of the molecule is CCc1ccc(C(C#N)NC(=O)C(N)=CN(N)CCNC(=O)c2cccnc2OC)cc1. The quantitative estimate of drug-likeness (QED) is 0.240. The molecule has 1 aromatic carbocycles. The van der Waals surface area contributed by atoms with E-state index in [0.717, 1.165) is 12.0 Å². The number of nitriles is 1. The number of rotatable bonds is 10. The number of hydrogen-bond donors (Lipinski definition) is 4. The summed E-state index contributed by atoms with van der Waals surface area (Å²) in [7, 11) is 1.43. The average Bonchev–Trinajstić information content (AvgIpc) is 2.82. The summed E-state index contributed by atoms with van der Waals surface area (Å²) in [6.45, 7) is 2.40. The van der Waals surface area contributed by atoms with Crippen LogP contribution in [0.4, 0.5) is 0 Å². The molecule has 32 heavy (non-hydrogen) atoms. The van der Waals surface area contributed by atoms with Crippen molar-refractivity contribution in [2.45, 2.75) is 19.4 Å². The molecule has 10 nitrogen and oxygen atoms in total. The van der Waals surface area contributed by atoms with E-state index < -0.39 is 11.9 Å². The van der Waals surface area contributed by atoms with Crippen LogP contribution in [0.3, 0.4) is 0 Å². The lowest BCUT2D eigenvalue weighted by Gasteiger charge is -2.17. The first-order valence-electron chi connectivity index (χ1n) is 9.94. The van der Waals surface area contributed by atoms with E-state index in [1.165, 1.54) is 24.5 Å². The van der Waals surface area contributed by atoms with Crippen molar-refractivity contribution >= 4 is 11.8 Å². The maximum Gasteiger partial charge on any atom is 0.270 e. The van der Waals surface area contributed by atoms with Crippen molar-refractivity contribution in [2.24, 2.45) is 11.6 Å². The zero-order valence-electron chi connectivity index (χ0n) is 18.0. The number of hydrazine groups is 1. The van der Waals surface area contributed by atoms with Crippen LogP contribution in [0.2, 0.25) is 0 Å². The Hall–Kier alpha value is -4.10. The Morgan fingerprint density at radius 1 is 1.31 bits per heavy atom. The Kier molecular flexibility index (Phi) is 9.01. The Bertz CT molecular complexity index is 999. The maximum absolute atomic E-state index is 12.4. The monoisotopic (exact) mass is 437 g/mol. The summed E-state index contributed by atoms with van der Waals surface area (Å²) >= 11 is 0. The lowest BCUT2D eigenvalue weighted by molar-refractivity contribution is -0.118. The zero-order chi connectivity index (χ0) is 23.5. The number of methoxy groups -OCH3 is 1. The molecule has 0 saturated carbocycles. The minimum absolute atomic E-state index is 0.168. The van der Waals surface area contributed by atoms with Crippen LogP contribution in [-0.4, -0.2) is 42.0 Å². The van der Waals surface area contributed by atoms with Gasteiger partial charge in [-0.3, -0.25) is 9.59 Å². The van der Waals surface area contributed by atoms with Gasteiger partial charge in [0.15, 0.2) is 0 Å². The molecule has 1 atom stereocenters. The molecule has 0 radical (unpaired) electrons. The van der Waals surface area contributed by atoms with Crippen LogP contribution in [0, 0.1) is 11.3 Å². The van der Waals surface area contributed by atoms with Gasteiger partial charge in [0, 0.05) is 18.9 Å². The van der Waals surface area contributed by atoms with Gasteiger partial charge in [-0.25, -0.2) is 10.8 Å². The molecule has 10 heteroatoms. The highest BCUT2D eigenvalue weighted by Crippen LogP contribution is 2.14. The fourth-order valence-electron chi connectivity index (χ4n) is 2.77. The van der Waals surface area contributed by atoms with Crippen LogP contribution in [-0.2, 0) is 11.2 Å². The first kappa shape index (κ1) is 24.2.